The van der Waals surface area contributed by atoms with Gasteiger partial charge in [-0.15, -0.1) is 0 Å². The lowest BCUT2D eigenvalue weighted by atomic mass is 10.0. The van der Waals surface area contributed by atoms with Crippen LogP contribution >= 0.6 is 0 Å². The van der Waals surface area contributed by atoms with Gasteiger partial charge in [0.05, 0.1) is 18.4 Å². The van der Waals surface area contributed by atoms with Crippen LogP contribution in [0.2, 0.25) is 0 Å². The van der Waals surface area contributed by atoms with E-state index in [1.54, 1.807) is 0 Å². The number of aromatic nitrogens is 2. The Hall–Kier alpha value is -1.41. The van der Waals surface area contributed by atoms with Gasteiger partial charge >= 0.3 is 0 Å². The molecule has 0 atom stereocenters. The van der Waals surface area contributed by atoms with E-state index in [2.05, 4.69) is 23.7 Å². The van der Waals surface area contributed by atoms with E-state index in [1.165, 1.54) is 6.26 Å². The summed E-state index contributed by atoms with van der Waals surface area (Å²) >= 11 is 0. The number of hydrogen-bond acceptors (Lipinski definition) is 4. The maximum absolute atomic E-state index is 12.6. The number of carbonyl (C=O) groups excluding carboxylic acids is 1. The first-order valence-corrected chi connectivity index (χ1v) is 10.7. The summed E-state index contributed by atoms with van der Waals surface area (Å²) in [7, 11) is -3.19. The van der Waals surface area contributed by atoms with Crippen molar-refractivity contribution in [3.63, 3.8) is 0 Å². The van der Waals surface area contributed by atoms with Gasteiger partial charge in [-0.3, -0.25) is 9.48 Å². The minimum absolute atomic E-state index is 0.0729. The number of nitrogens with one attached hydrogen (secondary N) is 1. The second-order valence-corrected chi connectivity index (χ2v) is 9.23. The van der Waals surface area contributed by atoms with Crippen LogP contribution in [0.15, 0.2) is 0 Å². The van der Waals surface area contributed by atoms with E-state index >= 15 is 0 Å². The Labute approximate surface area is 150 Å². The fourth-order valence-electron chi connectivity index (χ4n) is 3.33. The average Bonchev–Trinajstić information content (AvgIpc) is 2.73. The number of aryl methyl sites for hydroxylation is 1. The highest BCUT2D eigenvalue weighted by Crippen LogP contribution is 2.18. The highest BCUT2D eigenvalue weighted by atomic mass is 32.2. The van der Waals surface area contributed by atoms with Crippen molar-refractivity contribution in [3.05, 3.63) is 17.0 Å². The number of hydrogen-bond donors (Lipinski definition) is 1. The summed E-state index contributed by atoms with van der Waals surface area (Å²) in [6, 6.07) is -0.0729. The highest BCUT2D eigenvalue weighted by Gasteiger charge is 2.26. The van der Waals surface area contributed by atoms with Crippen LogP contribution in [0.3, 0.4) is 0 Å². The lowest BCUT2D eigenvalue weighted by Crippen LogP contribution is -2.46. The minimum Gasteiger partial charge on any atom is -0.342 e. The standard InChI is InChI=1S/C17H30N4O3S/c1-12(2)11-21-14(4)16(13(3)18-21)10-17(22)20-8-6-15(7-9-20)19-25(5,23)24/h12,15,19H,6-11H2,1-5H3. The lowest BCUT2D eigenvalue weighted by Gasteiger charge is -2.32. The van der Waals surface area contributed by atoms with Crippen LogP contribution in [0.5, 0.6) is 0 Å². The van der Waals surface area contributed by atoms with E-state index in [9.17, 15) is 13.2 Å². The smallest absolute Gasteiger partial charge is 0.227 e. The molecular weight excluding hydrogens is 340 g/mol. The molecule has 7 nitrogen and oxygen atoms in total. The Bertz CT molecular complexity index is 716. The molecule has 0 bridgehead atoms. The Morgan fingerprint density at radius 3 is 2.40 bits per heavy atom. The summed E-state index contributed by atoms with van der Waals surface area (Å²) in [5.74, 6) is 0.594. The van der Waals surface area contributed by atoms with E-state index in [-0.39, 0.29) is 11.9 Å². The van der Waals surface area contributed by atoms with Crippen LogP contribution < -0.4 is 4.72 Å². The van der Waals surface area contributed by atoms with Crippen LogP contribution in [-0.2, 0) is 27.8 Å². The predicted octanol–water partition coefficient (Wildman–Crippen LogP) is 1.24. The number of likely N-dealkylation sites (tertiary alicyclic amines) is 1. The molecule has 1 N–H and O–H groups in total. The van der Waals surface area contributed by atoms with Gasteiger partial charge in [0.25, 0.3) is 0 Å². The summed E-state index contributed by atoms with van der Waals surface area (Å²) < 4.78 is 27.2. The van der Waals surface area contributed by atoms with Crippen molar-refractivity contribution in [3.8, 4) is 0 Å². The zero-order chi connectivity index (χ0) is 18.8. The third-order valence-corrected chi connectivity index (χ3v) is 5.39. The number of sulfonamides is 1. The van der Waals surface area contributed by atoms with E-state index in [4.69, 9.17) is 0 Å². The van der Waals surface area contributed by atoms with Crippen LogP contribution in [0, 0.1) is 19.8 Å². The Kier molecular flexibility index (Phi) is 6.26. The molecule has 0 unspecified atom stereocenters. The molecular formula is C17H30N4O3S. The fourth-order valence-corrected chi connectivity index (χ4v) is 4.17. The fraction of sp³-hybridized carbons (Fsp3) is 0.765. The SMILES string of the molecule is Cc1nn(CC(C)C)c(C)c1CC(=O)N1CCC(NS(C)(=O)=O)CC1. The first-order valence-electron chi connectivity index (χ1n) is 8.84. The molecule has 1 aliphatic rings. The van der Waals surface area contributed by atoms with Crippen molar-refractivity contribution < 1.29 is 13.2 Å². The molecule has 0 radical (unpaired) electrons. The van der Waals surface area contributed by atoms with Gasteiger partial charge in [-0.25, -0.2) is 13.1 Å². The maximum atomic E-state index is 12.6. The Balaban J connectivity index is 1.96. The average molecular weight is 371 g/mol. The topological polar surface area (TPSA) is 84.3 Å². The third kappa shape index (κ3) is 5.54. The molecule has 0 spiro atoms. The molecule has 2 heterocycles. The van der Waals surface area contributed by atoms with Crippen molar-refractivity contribution in [1.82, 2.24) is 19.4 Å². The van der Waals surface area contributed by atoms with Gasteiger partial charge < -0.3 is 4.90 Å². The van der Waals surface area contributed by atoms with E-state index < -0.39 is 10.0 Å². The first-order chi connectivity index (χ1) is 11.6. The summed E-state index contributed by atoms with van der Waals surface area (Å²) in [6.45, 7) is 10.3. The highest BCUT2D eigenvalue weighted by molar-refractivity contribution is 7.88. The van der Waals surface area contributed by atoms with Crippen molar-refractivity contribution in [1.29, 1.82) is 0 Å². The quantitative estimate of drug-likeness (QED) is 0.816. The number of rotatable bonds is 6. The third-order valence-electron chi connectivity index (χ3n) is 4.63. The molecule has 0 aliphatic carbocycles. The number of piperidine rings is 1. The molecule has 2 rings (SSSR count). The molecule has 1 aromatic rings. The largest absolute Gasteiger partial charge is 0.342 e. The summed E-state index contributed by atoms with van der Waals surface area (Å²) in [6.07, 6.45) is 2.84. The van der Waals surface area contributed by atoms with Gasteiger partial charge in [-0.05, 0) is 32.6 Å². The first kappa shape index (κ1) is 19.9. The molecule has 1 amide bonds. The monoisotopic (exact) mass is 370 g/mol. The second kappa shape index (κ2) is 7.86. The Morgan fingerprint density at radius 1 is 1.28 bits per heavy atom. The van der Waals surface area contributed by atoms with Crippen molar-refractivity contribution in [2.24, 2.45) is 5.92 Å². The number of carbonyl (C=O) groups is 1. The van der Waals surface area contributed by atoms with Gasteiger partial charge in [0, 0.05) is 36.9 Å². The van der Waals surface area contributed by atoms with Crippen molar-refractivity contribution >= 4 is 15.9 Å². The van der Waals surface area contributed by atoms with Crippen LogP contribution in [0.4, 0.5) is 0 Å². The van der Waals surface area contributed by atoms with Crippen LogP contribution in [-0.4, -0.2) is 54.4 Å². The number of amides is 1. The van der Waals surface area contributed by atoms with Crippen molar-refractivity contribution in [2.75, 3.05) is 19.3 Å². The maximum Gasteiger partial charge on any atom is 0.227 e. The van der Waals surface area contributed by atoms with E-state index in [0.29, 0.717) is 38.3 Å². The van der Waals surface area contributed by atoms with Gasteiger partial charge in [-0.1, -0.05) is 13.8 Å². The molecule has 0 saturated carbocycles. The molecule has 1 saturated heterocycles. The van der Waals surface area contributed by atoms with E-state index in [0.717, 1.165) is 23.5 Å². The molecule has 1 fully saturated rings. The minimum atomic E-state index is -3.19. The summed E-state index contributed by atoms with van der Waals surface area (Å²) in [5, 5.41) is 4.57. The van der Waals surface area contributed by atoms with Gasteiger partial charge in [-0.2, -0.15) is 5.10 Å². The second-order valence-electron chi connectivity index (χ2n) is 7.45. The molecule has 25 heavy (non-hydrogen) atoms. The lowest BCUT2D eigenvalue weighted by molar-refractivity contribution is -0.131. The Morgan fingerprint density at radius 2 is 1.88 bits per heavy atom. The van der Waals surface area contributed by atoms with E-state index in [1.807, 2.05) is 23.4 Å². The van der Waals surface area contributed by atoms with Gasteiger partial charge in [0.15, 0.2) is 0 Å². The molecule has 0 aromatic carbocycles. The molecule has 8 heteroatoms. The van der Waals surface area contributed by atoms with Crippen molar-refractivity contribution in [2.45, 2.75) is 59.5 Å². The molecule has 1 aromatic heterocycles. The van der Waals surface area contributed by atoms with Gasteiger partial charge in [0.1, 0.15) is 0 Å². The molecule has 1 aliphatic heterocycles. The van der Waals surface area contributed by atoms with Crippen LogP contribution in [0.1, 0.15) is 43.6 Å². The van der Waals surface area contributed by atoms with Crippen LogP contribution in [0.25, 0.3) is 0 Å². The normalized spacial score (nSPS) is 16.6. The summed E-state index contributed by atoms with van der Waals surface area (Å²) in [4.78, 5) is 14.5. The zero-order valence-corrected chi connectivity index (χ0v) is 16.7. The number of nitrogens with zero attached hydrogens (tertiary/aromatic N) is 3. The predicted molar refractivity (Wildman–Crippen MR) is 97.8 cm³/mol. The zero-order valence-electron chi connectivity index (χ0n) is 15.9. The van der Waals surface area contributed by atoms with Gasteiger partial charge in [0.2, 0.25) is 15.9 Å². The molecule has 142 valence electrons. The summed E-state index contributed by atoms with van der Waals surface area (Å²) in [5.41, 5.74) is 3.00.